The van der Waals surface area contributed by atoms with Crippen LogP contribution in [0.2, 0.25) is 0 Å². The van der Waals surface area contributed by atoms with Crippen molar-refractivity contribution >= 4 is 41.5 Å². The Morgan fingerprint density at radius 1 is 0.564 bits per heavy atom. The normalized spacial score (nSPS) is 11.9. The molecule has 14 nitrogen and oxygen atoms in total. The number of hydrogen-bond acceptors (Lipinski definition) is 7. The van der Waals surface area contributed by atoms with Crippen LogP contribution in [-0.2, 0) is 33.6 Å². The van der Waals surface area contributed by atoms with Crippen molar-refractivity contribution in [3.8, 4) is 0 Å². The summed E-state index contributed by atoms with van der Waals surface area (Å²) in [5.74, 6) is -4.53. The second-order valence-electron chi connectivity index (χ2n) is 9.09. The molecule has 0 saturated carbocycles. The molecule has 5 amide bonds. The molecule has 1 unspecified atom stereocenters. The molecule has 0 aliphatic carbocycles. The van der Waals surface area contributed by atoms with E-state index in [1.54, 1.807) is 0 Å². The van der Waals surface area contributed by atoms with E-state index in [4.69, 9.17) is 5.11 Å². The zero-order valence-electron chi connectivity index (χ0n) is 22.8. The predicted octanol–water partition coefficient (Wildman–Crippen LogP) is -0.195. The fraction of sp³-hybridized carbons (Fsp3) is 0.720. The van der Waals surface area contributed by atoms with Gasteiger partial charge in [-0.25, -0.2) is 9.59 Å². The van der Waals surface area contributed by atoms with Gasteiger partial charge in [0, 0.05) is 52.2 Å². The average Bonchev–Trinajstić information content (AvgIpc) is 2.86. The Labute approximate surface area is 228 Å². The second kappa shape index (κ2) is 21.2. The number of carbonyl (C=O) groups excluding carboxylic acids is 5. The van der Waals surface area contributed by atoms with E-state index in [1.165, 1.54) is 6.92 Å². The van der Waals surface area contributed by atoms with E-state index in [-0.39, 0.29) is 69.8 Å². The molecule has 0 rings (SSSR count). The van der Waals surface area contributed by atoms with E-state index in [0.717, 1.165) is 19.3 Å². The van der Waals surface area contributed by atoms with Gasteiger partial charge in [0.05, 0.1) is 0 Å². The van der Waals surface area contributed by atoms with Gasteiger partial charge in [-0.3, -0.25) is 24.0 Å². The highest BCUT2D eigenvalue weighted by atomic mass is 16.4. The number of carboxylic acid groups (broad SMARTS) is 2. The zero-order valence-corrected chi connectivity index (χ0v) is 22.8. The molecule has 14 heteroatoms. The summed E-state index contributed by atoms with van der Waals surface area (Å²) in [5.41, 5.74) is 0. The van der Waals surface area contributed by atoms with E-state index in [2.05, 4.69) is 33.5 Å². The van der Waals surface area contributed by atoms with Crippen LogP contribution >= 0.6 is 0 Å². The molecule has 0 heterocycles. The molecule has 0 radical (unpaired) electrons. The minimum absolute atomic E-state index is 0.0690. The van der Waals surface area contributed by atoms with Gasteiger partial charge in [0.15, 0.2) is 0 Å². The van der Waals surface area contributed by atoms with Crippen molar-refractivity contribution in [2.45, 2.75) is 96.6 Å². The Kier molecular flexibility index (Phi) is 19.2. The Morgan fingerprint density at radius 3 is 1.41 bits per heavy atom. The minimum Gasteiger partial charge on any atom is -0.480 e. The summed E-state index contributed by atoms with van der Waals surface area (Å²) >= 11 is 0. The topological polar surface area (TPSA) is 220 Å². The van der Waals surface area contributed by atoms with Crippen molar-refractivity contribution in [3.05, 3.63) is 0 Å². The molecular weight excluding hydrogens is 514 g/mol. The maximum atomic E-state index is 12.1. The molecule has 2 atom stereocenters. The van der Waals surface area contributed by atoms with E-state index in [9.17, 15) is 38.7 Å². The fourth-order valence-corrected chi connectivity index (χ4v) is 3.40. The second-order valence-corrected chi connectivity index (χ2v) is 9.09. The summed E-state index contributed by atoms with van der Waals surface area (Å²) in [6.07, 6.45) is 3.46. The number of hydrogen-bond donors (Lipinski definition) is 7. The molecule has 0 spiro atoms. The van der Waals surface area contributed by atoms with Gasteiger partial charge in [0.1, 0.15) is 12.1 Å². The first-order valence-electron chi connectivity index (χ1n) is 13.3. The summed E-state index contributed by atoms with van der Waals surface area (Å²) in [7, 11) is 0. The van der Waals surface area contributed by atoms with Crippen molar-refractivity contribution in [1.29, 1.82) is 0 Å². The highest BCUT2D eigenvalue weighted by Crippen LogP contribution is 2.02. The molecule has 0 fully saturated rings. The largest absolute Gasteiger partial charge is 0.480 e. The quantitative estimate of drug-likeness (QED) is 0.0875. The van der Waals surface area contributed by atoms with Crippen LogP contribution in [0.3, 0.4) is 0 Å². The minimum atomic E-state index is -1.28. The smallest absolute Gasteiger partial charge is 0.326 e. The van der Waals surface area contributed by atoms with Crippen molar-refractivity contribution in [3.63, 3.8) is 0 Å². The summed E-state index contributed by atoms with van der Waals surface area (Å²) in [6.45, 7) is 4.27. The van der Waals surface area contributed by atoms with Gasteiger partial charge in [0.25, 0.3) is 0 Å². The monoisotopic (exact) mass is 557 g/mol. The average molecular weight is 558 g/mol. The Balaban J connectivity index is 4.14. The van der Waals surface area contributed by atoms with Crippen molar-refractivity contribution in [2.75, 3.05) is 19.6 Å². The number of carbonyl (C=O) groups is 7. The van der Waals surface area contributed by atoms with Crippen molar-refractivity contribution in [1.82, 2.24) is 26.6 Å². The SMILES string of the molecule is CCCCCNC(=O)CCCNC(=O)CCC(NC(=O)CCCNC(=O)CC[C@H](NC(C)=O)C(=O)O)C(=O)O. The number of unbranched alkanes of at least 4 members (excludes halogenated alkanes) is 2. The zero-order chi connectivity index (χ0) is 29.6. The van der Waals surface area contributed by atoms with Crippen LogP contribution in [0.25, 0.3) is 0 Å². The summed E-state index contributed by atoms with van der Waals surface area (Å²) in [5, 5.41) is 30.9. The molecule has 0 aromatic heterocycles. The third-order valence-corrected chi connectivity index (χ3v) is 5.54. The van der Waals surface area contributed by atoms with E-state index >= 15 is 0 Å². The van der Waals surface area contributed by atoms with Crippen molar-refractivity contribution in [2.24, 2.45) is 0 Å². The first-order chi connectivity index (χ1) is 18.5. The molecule has 39 heavy (non-hydrogen) atoms. The highest BCUT2D eigenvalue weighted by Gasteiger charge is 2.21. The highest BCUT2D eigenvalue weighted by molar-refractivity contribution is 5.85. The summed E-state index contributed by atoms with van der Waals surface area (Å²) in [6, 6.07) is -2.44. The number of aliphatic carboxylic acids is 2. The molecule has 0 saturated heterocycles. The lowest BCUT2D eigenvalue weighted by Gasteiger charge is -2.15. The molecule has 222 valence electrons. The van der Waals surface area contributed by atoms with Crippen LogP contribution in [0.5, 0.6) is 0 Å². The number of amides is 5. The molecule has 0 bridgehead atoms. The Morgan fingerprint density at radius 2 is 0.974 bits per heavy atom. The predicted molar refractivity (Wildman–Crippen MR) is 140 cm³/mol. The van der Waals surface area contributed by atoms with Crippen LogP contribution in [-0.4, -0.2) is 83.4 Å². The maximum Gasteiger partial charge on any atom is 0.326 e. The fourth-order valence-electron chi connectivity index (χ4n) is 3.40. The molecule has 0 aromatic rings. The van der Waals surface area contributed by atoms with Crippen LogP contribution in [0.1, 0.15) is 84.5 Å². The van der Waals surface area contributed by atoms with E-state index in [1.807, 2.05) is 0 Å². The molecule has 0 aromatic carbocycles. The lowest BCUT2D eigenvalue weighted by atomic mass is 10.1. The first-order valence-corrected chi connectivity index (χ1v) is 13.3. The van der Waals surface area contributed by atoms with Gasteiger partial charge in [-0.1, -0.05) is 19.8 Å². The van der Waals surface area contributed by atoms with Gasteiger partial charge in [-0.05, 0) is 32.1 Å². The third-order valence-electron chi connectivity index (χ3n) is 5.54. The summed E-state index contributed by atoms with van der Waals surface area (Å²) < 4.78 is 0. The van der Waals surface area contributed by atoms with Crippen LogP contribution < -0.4 is 26.6 Å². The van der Waals surface area contributed by atoms with Gasteiger partial charge in [-0.2, -0.15) is 0 Å². The standard InChI is InChI=1S/C25H43N5O9/c1-3-4-5-14-26-20(32)8-6-15-27-22(34)13-11-19(25(38)39)30-23(35)9-7-16-28-21(33)12-10-18(24(36)37)29-17(2)31/h18-19H,3-16H2,1-2H3,(H,26,32)(H,27,34)(H,28,33)(H,29,31)(H,30,35)(H,36,37)(H,38,39)/t18-,19?/m0/s1. The lowest BCUT2D eigenvalue weighted by molar-refractivity contribution is -0.142. The number of rotatable bonds is 22. The van der Waals surface area contributed by atoms with Crippen molar-refractivity contribution < 1.29 is 43.8 Å². The molecular formula is C25H43N5O9. The van der Waals surface area contributed by atoms with Gasteiger partial charge >= 0.3 is 11.9 Å². The summed E-state index contributed by atoms with van der Waals surface area (Å²) in [4.78, 5) is 81.2. The van der Waals surface area contributed by atoms with E-state index in [0.29, 0.717) is 13.0 Å². The van der Waals surface area contributed by atoms with E-state index < -0.39 is 41.7 Å². The maximum absolute atomic E-state index is 12.1. The third kappa shape index (κ3) is 20.0. The van der Waals surface area contributed by atoms with Gasteiger partial charge in [0.2, 0.25) is 29.5 Å². The van der Waals surface area contributed by atoms with Gasteiger partial charge in [-0.15, -0.1) is 0 Å². The van der Waals surface area contributed by atoms with Crippen LogP contribution in [0, 0.1) is 0 Å². The Hall–Kier alpha value is -3.71. The first kappa shape index (κ1) is 35.3. The van der Waals surface area contributed by atoms with Gasteiger partial charge < -0.3 is 36.8 Å². The number of carboxylic acids is 2. The molecule has 0 aliphatic rings. The van der Waals surface area contributed by atoms with Crippen LogP contribution in [0.15, 0.2) is 0 Å². The number of nitrogens with one attached hydrogen (secondary N) is 5. The molecule has 0 aliphatic heterocycles. The lowest BCUT2D eigenvalue weighted by Crippen LogP contribution is -2.42. The molecule has 7 N–H and O–H groups in total. The van der Waals surface area contributed by atoms with Crippen LogP contribution in [0.4, 0.5) is 0 Å². The Bertz CT molecular complexity index is 835.